The number of rotatable bonds is 22. The molecule has 4 aliphatic heterocycles. The molecule has 9 unspecified atom stereocenters. The summed E-state index contributed by atoms with van der Waals surface area (Å²) < 4.78 is 56.3. The van der Waals surface area contributed by atoms with Crippen molar-refractivity contribution in [1.29, 1.82) is 0 Å². The molecule has 5 heterocycles. The number of aliphatic hydroxyl groups is 8. The van der Waals surface area contributed by atoms with Crippen LogP contribution in [0.25, 0.3) is 17.3 Å². The molecule has 0 spiro atoms. The second-order valence-electron chi connectivity index (χ2n) is 20.2. The summed E-state index contributed by atoms with van der Waals surface area (Å²) in [4.78, 5) is 39.9. The Morgan fingerprint density at radius 3 is 2.20 bits per heavy atom. The van der Waals surface area contributed by atoms with Crippen LogP contribution in [0.3, 0.4) is 0 Å². The molecule has 3 saturated heterocycles. The lowest BCUT2D eigenvalue weighted by atomic mass is 9.80. The molecule has 26 nitrogen and oxygen atoms in total. The normalized spacial score (nSPS) is 35.1. The Balaban J connectivity index is 1.05. The average molecular weight is 1110 g/mol. The molecule has 2 amide bonds. The van der Waals surface area contributed by atoms with Gasteiger partial charge in [-0.25, -0.2) is 9.48 Å². The third-order valence-corrected chi connectivity index (χ3v) is 14.6. The van der Waals surface area contributed by atoms with Crippen LogP contribution in [-0.2, 0) is 52.3 Å². The molecule has 3 aromatic rings. The van der Waals surface area contributed by atoms with Crippen LogP contribution in [0.2, 0.25) is 0 Å². The number of hydrogen-bond acceptors (Lipinski definition) is 22. The number of hydrogen-bond donors (Lipinski definition) is 11. The summed E-state index contributed by atoms with van der Waals surface area (Å²) in [6, 6.07) is 13.8. The molecule has 4 fully saturated rings. The standard InChI is InChI=1S/C53H71N5O21/c1-5-11-35(50(69)70)75-47-39(55-27(4)61)51(77-37(22-59)41(47)63)76-36-20-30(19-33(58-21-32(56-57-58)28-12-7-6-8-13-28)46(36)79-53-44(66)43(65)40(62)26(3)74-53)49(68)54-16-17-71-52-45(67)48(42(64)38(23-60)78-52)72-24-31-18-29-14-9-10-15-34(29)73-25(31)2/h6-10,12-15,18,21,26,30,33,35-48,51-53,59-60,62-67H,2,5,11,16-17,19-20,22-24H2,1,3-4H3,(H,54,68)(H,55,61)(H,69,70)/t26?,30?,33?,35-,36+,37-,38?,39?,40+,41-,42+,43-,44?,45?,46+,47?,48?,51+,52-,53-/m0/s1. The smallest absolute Gasteiger partial charge is 0.332 e. The second-order valence-corrected chi connectivity index (χ2v) is 20.2. The largest absolute Gasteiger partial charge is 0.479 e. The van der Waals surface area contributed by atoms with Gasteiger partial charge in [0.1, 0.15) is 90.4 Å². The molecule has 0 radical (unpaired) electrons. The van der Waals surface area contributed by atoms with E-state index in [0.717, 1.165) is 12.5 Å². The zero-order valence-electron chi connectivity index (χ0n) is 43.7. The first-order valence-electron chi connectivity index (χ1n) is 26.3. The van der Waals surface area contributed by atoms with E-state index in [1.807, 2.05) is 24.3 Å². The fraction of sp³-hybridized carbons (Fsp3) is 0.604. The van der Waals surface area contributed by atoms with Crippen molar-refractivity contribution in [3.05, 3.63) is 84.3 Å². The van der Waals surface area contributed by atoms with Gasteiger partial charge in [-0.05, 0) is 38.3 Å². The number of amides is 2. The van der Waals surface area contributed by atoms with Gasteiger partial charge in [0.2, 0.25) is 11.8 Å². The van der Waals surface area contributed by atoms with Crippen LogP contribution in [0, 0.1) is 5.92 Å². The second kappa shape index (κ2) is 26.9. The highest BCUT2D eigenvalue weighted by atomic mass is 16.7. The van der Waals surface area contributed by atoms with Gasteiger partial charge in [0.15, 0.2) is 25.0 Å². The lowest BCUT2D eigenvalue weighted by Gasteiger charge is -2.49. The Hall–Kier alpha value is -5.37. The van der Waals surface area contributed by atoms with Gasteiger partial charge in [0.25, 0.3) is 0 Å². The van der Waals surface area contributed by atoms with Gasteiger partial charge < -0.3 is 99.2 Å². The molecule has 0 bridgehead atoms. The summed E-state index contributed by atoms with van der Waals surface area (Å²) in [6.07, 6.45) is -21.9. The van der Waals surface area contributed by atoms with Gasteiger partial charge in [-0.3, -0.25) is 9.59 Å². The van der Waals surface area contributed by atoms with Crippen molar-refractivity contribution in [2.75, 3.05) is 33.0 Å². The van der Waals surface area contributed by atoms with Crippen molar-refractivity contribution in [3.8, 4) is 17.0 Å². The summed E-state index contributed by atoms with van der Waals surface area (Å²) in [7, 11) is 0. The Bertz CT molecular complexity index is 2560. The Kier molecular flexibility index (Phi) is 20.4. The van der Waals surface area contributed by atoms with Crippen molar-refractivity contribution < 1.29 is 103 Å². The van der Waals surface area contributed by atoms with Crippen molar-refractivity contribution in [1.82, 2.24) is 25.6 Å². The molecule has 2 aromatic carbocycles. The van der Waals surface area contributed by atoms with E-state index >= 15 is 0 Å². The number of aliphatic carboxylic acids is 1. The number of carbonyl (C=O) groups is 3. The van der Waals surface area contributed by atoms with Crippen molar-refractivity contribution in [3.63, 3.8) is 0 Å². The van der Waals surface area contributed by atoms with E-state index < -0.39 is 153 Å². The maximum absolute atomic E-state index is 14.6. The molecule has 26 heteroatoms. The van der Waals surface area contributed by atoms with Crippen molar-refractivity contribution >= 4 is 23.9 Å². The SMILES string of the molecule is C=C1Oc2ccccc2C=C1COC1C(O)[C@@H](OCCNC(=O)C2CC(n3cc(-c4ccccc4)nn3)[C@@H](O[C@@H]3OC(C)[C@@H](O)[C@H](O)C3O)[C@H](O[C@@H]3O[C@@H](CO)[C@H](O)C(O[C@@H](CCC)C(=O)O)C3NC(C)=O)C2)OC(CO)[C@H]1O. The molecule has 79 heavy (non-hydrogen) atoms. The van der Waals surface area contributed by atoms with Crippen LogP contribution in [0.4, 0.5) is 0 Å². The summed E-state index contributed by atoms with van der Waals surface area (Å²) in [6.45, 7) is 6.22. The predicted octanol–water partition coefficient (Wildman–Crippen LogP) is -1.34. The molecule has 434 valence electrons. The van der Waals surface area contributed by atoms with Gasteiger partial charge in [0.05, 0.1) is 50.9 Å². The molecule has 5 aliphatic rings. The first-order valence-corrected chi connectivity index (χ1v) is 26.3. The van der Waals surface area contributed by atoms with Crippen molar-refractivity contribution in [2.24, 2.45) is 5.92 Å². The van der Waals surface area contributed by atoms with Crippen LogP contribution in [0.5, 0.6) is 5.75 Å². The fourth-order valence-corrected chi connectivity index (χ4v) is 10.4. The number of fused-ring (bicyclic) bond motifs is 1. The van der Waals surface area contributed by atoms with E-state index in [1.54, 1.807) is 49.5 Å². The number of para-hydroxylation sites is 1. The number of nitrogens with one attached hydrogen (secondary N) is 2. The number of nitrogens with zero attached hydrogens (tertiary/aromatic N) is 3. The van der Waals surface area contributed by atoms with E-state index in [0.29, 0.717) is 34.8 Å². The highest BCUT2D eigenvalue weighted by Crippen LogP contribution is 2.41. The number of benzene rings is 2. The highest BCUT2D eigenvalue weighted by Gasteiger charge is 2.54. The zero-order valence-corrected chi connectivity index (χ0v) is 43.7. The molecule has 8 rings (SSSR count). The topological polar surface area (TPSA) is 371 Å². The molecular weight excluding hydrogens is 1040 g/mol. The fourth-order valence-electron chi connectivity index (χ4n) is 10.4. The summed E-state index contributed by atoms with van der Waals surface area (Å²) >= 11 is 0. The first kappa shape index (κ1) is 59.7. The lowest BCUT2D eigenvalue weighted by Crippen LogP contribution is -2.67. The molecular formula is C53H71N5O21. The average Bonchev–Trinajstić information content (AvgIpc) is 3.97. The third kappa shape index (κ3) is 13.9. The van der Waals surface area contributed by atoms with E-state index in [-0.39, 0.29) is 39.0 Å². The van der Waals surface area contributed by atoms with Gasteiger partial charge >= 0.3 is 5.97 Å². The van der Waals surface area contributed by atoms with Crippen LogP contribution >= 0.6 is 0 Å². The molecule has 1 aliphatic carbocycles. The van der Waals surface area contributed by atoms with E-state index in [4.69, 9.17) is 42.6 Å². The van der Waals surface area contributed by atoms with Gasteiger partial charge in [0, 0.05) is 36.1 Å². The molecule has 1 saturated carbocycles. The Morgan fingerprint density at radius 1 is 0.810 bits per heavy atom. The zero-order chi connectivity index (χ0) is 56.7. The number of ether oxygens (including phenoxy) is 9. The minimum Gasteiger partial charge on any atom is -0.479 e. The highest BCUT2D eigenvalue weighted by molar-refractivity contribution is 5.79. The Morgan fingerprint density at radius 2 is 1.51 bits per heavy atom. The van der Waals surface area contributed by atoms with Gasteiger partial charge in [-0.2, -0.15) is 0 Å². The van der Waals surface area contributed by atoms with Crippen LogP contribution in [-0.4, -0.2) is 222 Å². The summed E-state index contributed by atoms with van der Waals surface area (Å²) in [5.74, 6) is -2.71. The molecule has 20 atom stereocenters. The summed E-state index contributed by atoms with van der Waals surface area (Å²) in [5, 5.41) is 112. The van der Waals surface area contributed by atoms with Crippen LogP contribution in [0.1, 0.15) is 58.1 Å². The van der Waals surface area contributed by atoms with Gasteiger partial charge in [-0.1, -0.05) is 73.7 Å². The monoisotopic (exact) mass is 1110 g/mol. The maximum Gasteiger partial charge on any atom is 0.332 e. The first-order chi connectivity index (χ1) is 37.9. The number of carboxylic acid groups (broad SMARTS) is 1. The lowest BCUT2D eigenvalue weighted by molar-refractivity contribution is -0.337. The number of aliphatic hydroxyl groups excluding tert-OH is 8. The third-order valence-electron chi connectivity index (χ3n) is 14.6. The van der Waals surface area contributed by atoms with Crippen LogP contribution < -0.4 is 15.4 Å². The van der Waals surface area contributed by atoms with Crippen molar-refractivity contribution in [2.45, 2.75) is 163 Å². The minimum absolute atomic E-state index is 0.00630. The van der Waals surface area contributed by atoms with E-state index in [2.05, 4.69) is 27.5 Å². The van der Waals surface area contributed by atoms with Crippen LogP contribution in [0.15, 0.2) is 78.7 Å². The van der Waals surface area contributed by atoms with E-state index in [9.17, 15) is 60.3 Å². The molecule has 1 aromatic heterocycles. The summed E-state index contributed by atoms with van der Waals surface area (Å²) in [5.41, 5.74) is 2.39. The maximum atomic E-state index is 14.6. The van der Waals surface area contributed by atoms with E-state index in [1.165, 1.54) is 11.6 Å². The number of carbonyl (C=O) groups excluding carboxylic acids is 2. The minimum atomic E-state index is -1.83. The van der Waals surface area contributed by atoms with Gasteiger partial charge in [-0.15, -0.1) is 5.10 Å². The quantitative estimate of drug-likeness (QED) is 0.0519. The molecule has 11 N–H and O–H groups in total. The number of aromatic nitrogens is 3. The Labute approximate surface area is 454 Å². The number of carboxylic acids is 1. The predicted molar refractivity (Wildman–Crippen MR) is 271 cm³/mol.